The molecule has 1 aliphatic heterocycles. The smallest absolute Gasteiger partial charge is 0.133 e. The number of allylic oxidation sites excluding steroid dienone is 5. The Balaban J connectivity index is 0.000000686. The van der Waals surface area contributed by atoms with Crippen molar-refractivity contribution in [2.75, 3.05) is 0 Å². The van der Waals surface area contributed by atoms with Crippen LogP contribution in [0.3, 0.4) is 0 Å². The maximum atomic E-state index is 5.76. The van der Waals surface area contributed by atoms with Crippen molar-refractivity contribution in [1.82, 2.24) is 0 Å². The number of ether oxygens (including phenoxy) is 1. The summed E-state index contributed by atoms with van der Waals surface area (Å²) >= 11 is 0. The van der Waals surface area contributed by atoms with Gasteiger partial charge in [0.1, 0.15) is 11.5 Å². The highest BCUT2D eigenvalue weighted by Crippen LogP contribution is 2.33. The van der Waals surface area contributed by atoms with Gasteiger partial charge in [-0.25, -0.2) is 0 Å². The van der Waals surface area contributed by atoms with E-state index in [1.54, 1.807) is 6.08 Å². The highest BCUT2D eigenvalue weighted by atomic mass is 16.5. The van der Waals surface area contributed by atoms with Crippen molar-refractivity contribution in [3.63, 3.8) is 0 Å². The zero-order chi connectivity index (χ0) is 12.7. The van der Waals surface area contributed by atoms with Crippen molar-refractivity contribution in [2.45, 2.75) is 27.2 Å². The summed E-state index contributed by atoms with van der Waals surface area (Å²) in [7, 11) is 0. The summed E-state index contributed by atoms with van der Waals surface area (Å²) in [5.41, 5.74) is 2.47. The molecule has 1 aromatic carbocycles. The topological polar surface area (TPSA) is 9.23 Å². The summed E-state index contributed by atoms with van der Waals surface area (Å²) < 4.78 is 5.76. The minimum atomic E-state index is 0.887. The zero-order valence-electron chi connectivity index (χ0n) is 10.9. The van der Waals surface area contributed by atoms with Gasteiger partial charge in [0, 0.05) is 12.0 Å². The zero-order valence-corrected chi connectivity index (χ0v) is 10.9. The van der Waals surface area contributed by atoms with Crippen LogP contribution in [0.2, 0.25) is 0 Å². The lowest BCUT2D eigenvalue weighted by atomic mass is 10.1. The van der Waals surface area contributed by atoms with E-state index in [1.807, 2.05) is 32.1 Å². The molecule has 2 rings (SSSR count). The number of para-hydroxylation sites is 1. The Labute approximate surface area is 104 Å². The van der Waals surface area contributed by atoms with Crippen molar-refractivity contribution in [2.24, 2.45) is 0 Å². The molecule has 0 fully saturated rings. The molecule has 1 heterocycles. The van der Waals surface area contributed by atoms with Gasteiger partial charge in [0.25, 0.3) is 0 Å². The third kappa shape index (κ3) is 3.35. The van der Waals surface area contributed by atoms with Crippen molar-refractivity contribution >= 4 is 0 Å². The first-order valence-electron chi connectivity index (χ1n) is 6.06. The molecule has 17 heavy (non-hydrogen) atoms. The van der Waals surface area contributed by atoms with Crippen molar-refractivity contribution in [3.8, 4) is 5.75 Å². The second-order valence-electron chi connectivity index (χ2n) is 3.60. The highest BCUT2D eigenvalue weighted by molar-refractivity contribution is 5.47. The molecule has 0 N–H and O–H groups in total. The van der Waals surface area contributed by atoms with Crippen LogP contribution >= 0.6 is 0 Å². The minimum Gasteiger partial charge on any atom is -0.461 e. The first kappa shape index (κ1) is 13.3. The van der Waals surface area contributed by atoms with Gasteiger partial charge < -0.3 is 4.74 Å². The fourth-order valence-corrected chi connectivity index (χ4v) is 1.69. The van der Waals surface area contributed by atoms with Gasteiger partial charge >= 0.3 is 0 Å². The van der Waals surface area contributed by atoms with Crippen molar-refractivity contribution < 1.29 is 4.74 Å². The molecule has 0 amide bonds. The number of benzene rings is 1. The fourth-order valence-electron chi connectivity index (χ4n) is 1.69. The van der Waals surface area contributed by atoms with Crippen LogP contribution in [0.4, 0.5) is 0 Å². The van der Waals surface area contributed by atoms with Gasteiger partial charge in [-0.15, -0.1) is 0 Å². The quantitative estimate of drug-likeness (QED) is 0.673. The highest BCUT2D eigenvalue weighted by Gasteiger charge is 2.17. The van der Waals surface area contributed by atoms with E-state index in [2.05, 4.69) is 31.7 Å². The van der Waals surface area contributed by atoms with Crippen LogP contribution in [0.25, 0.3) is 0 Å². The molecule has 1 aromatic rings. The molecule has 0 unspecified atom stereocenters. The van der Waals surface area contributed by atoms with Gasteiger partial charge in [0.15, 0.2) is 0 Å². The molecule has 0 spiro atoms. The third-order valence-electron chi connectivity index (χ3n) is 2.42. The standard InChI is InChI=1S/C14H14O.C2H6/c1-3-4-5-9-13-10-12-8-6-7-11(2)14(12)15-13;1-2/h3-9H,1,10H2,2H3;1-2H3/b5-4-,13-9+;. The molecule has 0 aliphatic carbocycles. The molecule has 0 atom stereocenters. The molecule has 0 bridgehead atoms. The Morgan fingerprint density at radius 2 is 2.00 bits per heavy atom. The predicted octanol–water partition coefficient (Wildman–Crippen LogP) is 4.58. The number of rotatable bonds is 2. The second kappa shape index (κ2) is 6.74. The molecule has 0 saturated carbocycles. The molecular weight excluding hydrogens is 208 g/mol. The van der Waals surface area contributed by atoms with E-state index >= 15 is 0 Å². The lowest BCUT2D eigenvalue weighted by molar-refractivity contribution is 0.444. The van der Waals surface area contributed by atoms with Crippen molar-refractivity contribution in [1.29, 1.82) is 0 Å². The first-order valence-corrected chi connectivity index (χ1v) is 6.06. The van der Waals surface area contributed by atoms with Gasteiger partial charge in [-0.3, -0.25) is 0 Å². The van der Waals surface area contributed by atoms with Crippen LogP contribution in [0, 0.1) is 6.92 Å². The molecule has 0 radical (unpaired) electrons. The van der Waals surface area contributed by atoms with Crippen LogP contribution in [0.1, 0.15) is 25.0 Å². The van der Waals surface area contributed by atoms with E-state index in [1.165, 1.54) is 11.1 Å². The number of hydrogen-bond donors (Lipinski definition) is 0. The fraction of sp³-hybridized carbons (Fsp3) is 0.250. The van der Waals surface area contributed by atoms with Crippen LogP contribution in [0.15, 0.2) is 54.8 Å². The third-order valence-corrected chi connectivity index (χ3v) is 2.42. The molecular formula is C16H20O. The summed E-state index contributed by atoms with van der Waals surface area (Å²) in [5, 5.41) is 0. The maximum Gasteiger partial charge on any atom is 0.133 e. The lowest BCUT2D eigenvalue weighted by Gasteiger charge is -2.01. The van der Waals surface area contributed by atoms with Crippen LogP contribution < -0.4 is 4.74 Å². The van der Waals surface area contributed by atoms with E-state index in [4.69, 9.17) is 4.74 Å². The van der Waals surface area contributed by atoms with Gasteiger partial charge in [-0.1, -0.05) is 56.9 Å². The van der Waals surface area contributed by atoms with Crippen LogP contribution in [-0.2, 0) is 6.42 Å². The molecule has 0 saturated heterocycles. The summed E-state index contributed by atoms with van der Waals surface area (Å²) in [6.07, 6.45) is 8.47. The summed E-state index contributed by atoms with van der Waals surface area (Å²) in [5.74, 6) is 2.02. The van der Waals surface area contributed by atoms with E-state index in [0.717, 1.165) is 17.9 Å². The Morgan fingerprint density at radius 3 is 2.65 bits per heavy atom. The molecule has 1 nitrogen and oxygen atoms in total. The maximum absolute atomic E-state index is 5.76. The Bertz CT molecular complexity index is 439. The summed E-state index contributed by atoms with van der Waals surface area (Å²) in [6.45, 7) is 9.69. The predicted molar refractivity (Wildman–Crippen MR) is 74.3 cm³/mol. The molecule has 90 valence electrons. The molecule has 1 aliphatic rings. The normalized spacial score (nSPS) is 15.1. The number of fused-ring (bicyclic) bond motifs is 1. The van der Waals surface area contributed by atoms with E-state index in [0.29, 0.717) is 0 Å². The molecule has 1 heteroatoms. The summed E-state index contributed by atoms with van der Waals surface area (Å²) in [6, 6.07) is 6.25. The number of hydrogen-bond acceptors (Lipinski definition) is 1. The summed E-state index contributed by atoms with van der Waals surface area (Å²) in [4.78, 5) is 0. The van der Waals surface area contributed by atoms with Crippen molar-refractivity contribution in [3.05, 3.63) is 66.0 Å². The number of aryl methyl sites for hydroxylation is 1. The molecule has 0 aromatic heterocycles. The monoisotopic (exact) mass is 228 g/mol. The van der Waals surface area contributed by atoms with Gasteiger partial charge in [-0.2, -0.15) is 0 Å². The van der Waals surface area contributed by atoms with Gasteiger partial charge in [-0.05, 0) is 18.6 Å². The first-order chi connectivity index (χ1) is 8.31. The van der Waals surface area contributed by atoms with Crippen LogP contribution in [0.5, 0.6) is 5.75 Å². The Kier molecular flexibility index (Phi) is 5.28. The SMILES string of the molecule is C=C/C=C\C=C1/Cc2cccc(C)c2O1.CC. The minimum absolute atomic E-state index is 0.887. The average molecular weight is 228 g/mol. The lowest BCUT2D eigenvalue weighted by Crippen LogP contribution is -1.87. The average Bonchev–Trinajstić information content (AvgIpc) is 2.77. The van der Waals surface area contributed by atoms with E-state index < -0.39 is 0 Å². The Hall–Kier alpha value is -1.76. The van der Waals surface area contributed by atoms with Gasteiger partial charge in [0.05, 0.1) is 0 Å². The Morgan fingerprint density at radius 1 is 1.24 bits per heavy atom. The second-order valence-corrected chi connectivity index (χ2v) is 3.60. The van der Waals surface area contributed by atoms with Crippen LogP contribution in [-0.4, -0.2) is 0 Å². The largest absolute Gasteiger partial charge is 0.461 e. The van der Waals surface area contributed by atoms with Gasteiger partial charge in [0.2, 0.25) is 0 Å². The van der Waals surface area contributed by atoms with E-state index in [9.17, 15) is 0 Å². The van der Waals surface area contributed by atoms with E-state index in [-0.39, 0.29) is 0 Å².